The minimum absolute atomic E-state index is 0.0694. The van der Waals surface area contributed by atoms with Gasteiger partial charge in [0, 0.05) is 29.9 Å². The van der Waals surface area contributed by atoms with Crippen molar-refractivity contribution in [3.63, 3.8) is 0 Å². The van der Waals surface area contributed by atoms with Crippen LogP contribution in [-0.4, -0.2) is 106 Å². The predicted molar refractivity (Wildman–Crippen MR) is 281 cm³/mol. The van der Waals surface area contributed by atoms with E-state index < -0.39 is 49.9 Å². The third-order valence-electron chi connectivity index (χ3n) is 12.8. The molecule has 1 saturated heterocycles. The number of aromatic amines is 1. The number of hydrogen-bond donors (Lipinski definition) is 2. The Morgan fingerprint density at radius 3 is 2.13 bits per heavy atom. The minimum atomic E-state index is -1.97. The number of benzene rings is 4. The van der Waals surface area contributed by atoms with Gasteiger partial charge in [-0.1, -0.05) is 78.0 Å². The number of rotatable bonds is 22. The molecule has 8 aromatic rings. The molecule has 1 fully saturated rings. The van der Waals surface area contributed by atoms with Crippen molar-refractivity contribution in [2.45, 2.75) is 82.8 Å². The van der Waals surface area contributed by atoms with E-state index in [2.05, 4.69) is 46.3 Å². The summed E-state index contributed by atoms with van der Waals surface area (Å²) in [6.45, 7) is 8.17. The lowest BCUT2D eigenvalue weighted by Gasteiger charge is -2.39. The number of H-pyrrole nitrogens is 1. The average molecular weight is 1050 g/mol. The third kappa shape index (κ3) is 11.2. The summed E-state index contributed by atoms with van der Waals surface area (Å²) in [5, 5.41) is 21.8. The Morgan fingerprint density at radius 2 is 1.51 bits per heavy atom. The van der Waals surface area contributed by atoms with Crippen molar-refractivity contribution in [1.82, 2.24) is 48.7 Å². The topological polar surface area (TPSA) is 241 Å². The fourth-order valence-corrected chi connectivity index (χ4v) is 11.1. The number of methoxy groups -OCH3 is 2. The Kier molecular flexibility index (Phi) is 16.5. The van der Waals surface area contributed by atoms with Crippen LogP contribution < -0.4 is 26.0 Å². The number of nitrogens with zero attached hydrogens (tertiary/aromatic N) is 10. The Hall–Kier alpha value is -7.96. The molecule has 0 bridgehead atoms. The first kappa shape index (κ1) is 52.9. The Morgan fingerprint density at radius 1 is 0.868 bits per heavy atom. The normalized spacial score (nSPS) is 17.1. The van der Waals surface area contributed by atoms with E-state index in [4.69, 9.17) is 28.0 Å². The second kappa shape index (κ2) is 23.7. The standard InChI is InChI=1S/C54H57N12O9P/c1-35(2)66(36(3)4)76(73-29-13-27-55)75-48-44(32-72-54(38-16-11-8-12-17-38,39-18-22-42(70-5)23-19-39)40-20-24-43(71-6)25-21-40)74-52(64-28-26-45(67)59-53(64)69)47(48)65-31-41(61-62-65)30-63-34-58-46-49(56-33-57-50(46)63)60-51(68)37-14-9-7-10-15-37/h7-12,14-26,28,31,33-36,44,47-48,52H,13,29-30,32H2,1-6H3,(H,59,67,69)(H,56,57,60,68)/t44-,47-,48-,52-,76?/m1/s1. The summed E-state index contributed by atoms with van der Waals surface area (Å²) in [7, 11) is 1.24. The largest absolute Gasteiger partial charge is 0.497 e. The Bertz CT molecular complexity index is 3330. The molecule has 5 atom stereocenters. The van der Waals surface area contributed by atoms with Gasteiger partial charge in [-0.05, 0) is 80.8 Å². The van der Waals surface area contributed by atoms with Crippen LogP contribution in [0, 0.1) is 11.3 Å². The van der Waals surface area contributed by atoms with Gasteiger partial charge >= 0.3 is 5.69 Å². The maximum Gasteiger partial charge on any atom is 0.330 e. The number of carbonyl (C=O) groups excluding carboxylic acids is 1. The zero-order chi connectivity index (χ0) is 53.3. The van der Waals surface area contributed by atoms with Crippen molar-refractivity contribution in [2.75, 3.05) is 32.8 Å². The van der Waals surface area contributed by atoms with Crippen molar-refractivity contribution < 1.29 is 32.8 Å². The van der Waals surface area contributed by atoms with E-state index in [-0.39, 0.29) is 50.0 Å². The fourth-order valence-electron chi connectivity index (χ4n) is 9.37. The molecule has 76 heavy (non-hydrogen) atoms. The van der Waals surface area contributed by atoms with Gasteiger partial charge in [-0.15, -0.1) is 5.10 Å². The van der Waals surface area contributed by atoms with Gasteiger partial charge in [0.1, 0.15) is 47.4 Å². The average Bonchev–Trinajstić information content (AvgIpc) is 4.23. The highest BCUT2D eigenvalue weighted by atomic mass is 31.2. The molecule has 21 nitrogen and oxygen atoms in total. The van der Waals surface area contributed by atoms with Crippen LogP contribution in [0.4, 0.5) is 5.82 Å². The Labute approximate surface area is 439 Å². The van der Waals surface area contributed by atoms with E-state index in [1.165, 1.54) is 23.2 Å². The number of aromatic nitrogens is 9. The molecule has 1 amide bonds. The molecule has 4 aromatic heterocycles. The zero-order valence-electron chi connectivity index (χ0n) is 42.7. The number of nitriles is 1. The van der Waals surface area contributed by atoms with Crippen LogP contribution in [-0.2, 0) is 30.7 Å². The molecule has 0 spiro atoms. The van der Waals surface area contributed by atoms with Crippen molar-refractivity contribution in [3.8, 4) is 17.6 Å². The van der Waals surface area contributed by atoms with Gasteiger partial charge in [-0.25, -0.2) is 29.1 Å². The van der Waals surface area contributed by atoms with Crippen molar-refractivity contribution in [2.24, 2.45) is 0 Å². The molecule has 4 aromatic carbocycles. The number of amides is 1. The van der Waals surface area contributed by atoms with Crippen molar-refractivity contribution in [1.29, 1.82) is 5.26 Å². The van der Waals surface area contributed by atoms with Gasteiger partial charge in [0.2, 0.25) is 0 Å². The van der Waals surface area contributed by atoms with Crippen LogP contribution >= 0.6 is 8.53 Å². The van der Waals surface area contributed by atoms with Crippen LogP contribution in [0.3, 0.4) is 0 Å². The molecule has 2 N–H and O–H groups in total. The lowest BCUT2D eigenvalue weighted by Crippen LogP contribution is -2.41. The van der Waals surface area contributed by atoms with Gasteiger partial charge in [0.25, 0.3) is 20.0 Å². The fraction of sp³-hybridized carbons (Fsp3) is 0.315. The monoisotopic (exact) mass is 1050 g/mol. The summed E-state index contributed by atoms with van der Waals surface area (Å²) < 4.78 is 46.3. The van der Waals surface area contributed by atoms with Gasteiger partial charge in [-0.3, -0.25) is 19.1 Å². The molecule has 1 aliphatic rings. The number of imidazole rings is 1. The number of ether oxygens (including phenoxy) is 4. The predicted octanol–water partition coefficient (Wildman–Crippen LogP) is 7.39. The first-order valence-corrected chi connectivity index (χ1v) is 25.7. The molecule has 5 heterocycles. The lowest BCUT2D eigenvalue weighted by atomic mass is 9.80. The van der Waals surface area contributed by atoms with E-state index in [1.807, 2.05) is 113 Å². The van der Waals surface area contributed by atoms with Crippen LogP contribution in [0.2, 0.25) is 0 Å². The molecule has 0 saturated carbocycles. The third-order valence-corrected chi connectivity index (χ3v) is 14.9. The number of anilines is 1. The SMILES string of the molecule is COc1ccc(C(OC[C@H]2O[C@@H](n3ccc(=O)[nH]c3=O)[C@H](n3cc(Cn4cnc5c(NC(=O)c6ccccc6)ncnc54)nn3)[C@@H]2OP(OCCC#N)N(C(C)C)C(C)C)(c2ccccc2)c2ccc(OC)cc2)cc1. The summed E-state index contributed by atoms with van der Waals surface area (Å²) in [5.74, 6) is 1.17. The number of hydrogen-bond acceptors (Lipinski definition) is 16. The van der Waals surface area contributed by atoms with Crippen LogP contribution in [0.1, 0.15) is 79.1 Å². The summed E-state index contributed by atoms with van der Waals surface area (Å²) in [6, 6.07) is 36.1. The van der Waals surface area contributed by atoms with Gasteiger partial charge in [-0.2, -0.15) is 5.26 Å². The zero-order valence-corrected chi connectivity index (χ0v) is 43.6. The van der Waals surface area contributed by atoms with Gasteiger partial charge in [0.15, 0.2) is 23.2 Å². The molecule has 1 unspecified atom stereocenters. The molecule has 0 radical (unpaired) electrons. The minimum Gasteiger partial charge on any atom is -0.497 e. The molecule has 9 rings (SSSR count). The van der Waals surface area contributed by atoms with E-state index in [0.29, 0.717) is 33.9 Å². The summed E-state index contributed by atoms with van der Waals surface area (Å²) >= 11 is 0. The first-order chi connectivity index (χ1) is 36.9. The molecule has 0 aliphatic carbocycles. The quantitative estimate of drug-likeness (QED) is 0.0382. The summed E-state index contributed by atoms with van der Waals surface area (Å²) in [5.41, 5.74) is 1.38. The van der Waals surface area contributed by atoms with E-state index in [0.717, 1.165) is 16.7 Å². The maximum absolute atomic E-state index is 14.0. The second-order valence-corrected chi connectivity index (χ2v) is 19.7. The smallest absolute Gasteiger partial charge is 0.330 e. The van der Waals surface area contributed by atoms with Crippen molar-refractivity contribution >= 4 is 31.4 Å². The molecule has 1 aliphatic heterocycles. The highest BCUT2D eigenvalue weighted by molar-refractivity contribution is 7.44. The van der Waals surface area contributed by atoms with E-state index in [1.54, 1.807) is 60.3 Å². The highest BCUT2D eigenvalue weighted by Gasteiger charge is 2.52. The van der Waals surface area contributed by atoms with Crippen molar-refractivity contribution in [3.05, 3.63) is 189 Å². The van der Waals surface area contributed by atoms with E-state index in [9.17, 15) is 19.6 Å². The summed E-state index contributed by atoms with van der Waals surface area (Å²) in [6.07, 6.45) is 2.89. The number of fused-ring (bicyclic) bond motifs is 1. The molecular formula is C54H57N12O9P. The highest BCUT2D eigenvalue weighted by Crippen LogP contribution is 2.53. The van der Waals surface area contributed by atoms with Gasteiger partial charge < -0.3 is 37.9 Å². The van der Waals surface area contributed by atoms with Crippen LogP contribution in [0.15, 0.2) is 150 Å². The Balaban J connectivity index is 1.15. The number of carbonyl (C=O) groups is 1. The lowest BCUT2D eigenvalue weighted by molar-refractivity contribution is -0.0932. The molecular weight excluding hydrogens is 992 g/mol. The maximum atomic E-state index is 14.0. The van der Waals surface area contributed by atoms with Crippen LogP contribution in [0.5, 0.6) is 11.5 Å². The molecule has 22 heteroatoms. The first-order valence-electron chi connectivity index (χ1n) is 24.6. The second-order valence-electron chi connectivity index (χ2n) is 18.3. The summed E-state index contributed by atoms with van der Waals surface area (Å²) in [4.78, 5) is 55.5. The van der Waals surface area contributed by atoms with Gasteiger partial charge in [0.05, 0.1) is 59.0 Å². The number of nitrogens with one attached hydrogen (secondary N) is 2. The molecule has 392 valence electrons. The van der Waals surface area contributed by atoms with Crippen LogP contribution in [0.25, 0.3) is 11.2 Å². The van der Waals surface area contributed by atoms with E-state index >= 15 is 0 Å².